The van der Waals surface area contributed by atoms with Gasteiger partial charge in [-0.25, -0.2) is 14.8 Å². The van der Waals surface area contributed by atoms with Gasteiger partial charge in [-0.2, -0.15) is 0 Å². The molecule has 1 fully saturated rings. The van der Waals surface area contributed by atoms with Crippen molar-refractivity contribution in [3.05, 3.63) is 17.6 Å². The first-order valence-corrected chi connectivity index (χ1v) is 6.99. The number of carbonyl (C=O) groups excluding carboxylic acids is 2. The van der Waals surface area contributed by atoms with E-state index in [-0.39, 0.29) is 23.5 Å². The van der Waals surface area contributed by atoms with Gasteiger partial charge in [0.1, 0.15) is 5.82 Å². The van der Waals surface area contributed by atoms with E-state index < -0.39 is 5.97 Å². The number of rotatable bonds is 3. The van der Waals surface area contributed by atoms with Gasteiger partial charge < -0.3 is 15.0 Å². The first-order chi connectivity index (χ1) is 10.5. The van der Waals surface area contributed by atoms with Crippen LogP contribution in [0.4, 0.5) is 5.82 Å². The molecule has 1 amide bonds. The van der Waals surface area contributed by atoms with Gasteiger partial charge in [0, 0.05) is 32.1 Å². The summed E-state index contributed by atoms with van der Waals surface area (Å²) < 4.78 is 4.65. The number of methoxy groups -OCH3 is 1. The highest BCUT2D eigenvalue weighted by molar-refractivity contribution is 5.88. The minimum Gasteiger partial charge on any atom is -0.464 e. The van der Waals surface area contributed by atoms with Crippen molar-refractivity contribution in [2.75, 3.05) is 25.5 Å². The lowest BCUT2D eigenvalue weighted by Crippen LogP contribution is -2.41. The van der Waals surface area contributed by atoms with E-state index in [2.05, 4.69) is 25.9 Å². The fourth-order valence-corrected chi connectivity index (χ4v) is 2.34. The summed E-state index contributed by atoms with van der Waals surface area (Å²) in [6, 6.07) is 1.69. The number of carbonyl (C=O) groups is 2. The van der Waals surface area contributed by atoms with Crippen molar-refractivity contribution in [3.8, 4) is 12.3 Å². The van der Waals surface area contributed by atoms with Crippen molar-refractivity contribution < 1.29 is 14.3 Å². The van der Waals surface area contributed by atoms with Crippen LogP contribution in [0.3, 0.4) is 0 Å². The molecule has 1 N–H and O–H groups in total. The van der Waals surface area contributed by atoms with Crippen molar-refractivity contribution in [3.63, 3.8) is 0 Å². The Morgan fingerprint density at radius 3 is 2.64 bits per heavy atom. The summed E-state index contributed by atoms with van der Waals surface area (Å²) in [6.45, 7) is 2.97. The highest BCUT2D eigenvalue weighted by Crippen LogP contribution is 2.16. The molecule has 2 rings (SSSR count). The predicted octanol–water partition coefficient (Wildman–Crippen LogP) is 0.667. The summed E-state index contributed by atoms with van der Waals surface area (Å²) in [5.74, 6) is 2.47. The molecule has 7 heteroatoms. The molecule has 116 valence electrons. The average Bonchev–Trinajstić information content (AvgIpc) is 2.54. The molecule has 0 bridgehead atoms. The Hall–Kier alpha value is -2.62. The zero-order valence-corrected chi connectivity index (χ0v) is 12.6. The summed E-state index contributed by atoms with van der Waals surface area (Å²) in [5.41, 5.74) is 0.120. The first kappa shape index (κ1) is 15.8. The van der Waals surface area contributed by atoms with Crippen molar-refractivity contribution in [2.45, 2.75) is 25.8 Å². The Bertz CT molecular complexity index is 616. The maximum absolute atomic E-state index is 11.6. The molecule has 0 aliphatic carbocycles. The van der Waals surface area contributed by atoms with E-state index in [1.54, 1.807) is 6.92 Å². The Morgan fingerprint density at radius 1 is 1.41 bits per heavy atom. The smallest absolute Gasteiger partial charge is 0.356 e. The van der Waals surface area contributed by atoms with E-state index in [9.17, 15) is 9.59 Å². The number of esters is 1. The maximum atomic E-state index is 11.6. The fourth-order valence-electron chi connectivity index (χ4n) is 2.34. The number of amides is 1. The fraction of sp³-hybridized carbons (Fsp3) is 0.467. The second-order valence-corrected chi connectivity index (χ2v) is 5.02. The van der Waals surface area contributed by atoms with Gasteiger partial charge in [0.25, 0.3) is 0 Å². The molecule has 0 radical (unpaired) electrons. The third-order valence-corrected chi connectivity index (χ3v) is 3.54. The molecule has 1 aliphatic heterocycles. The standard InChI is InChI=1S/C15H18N4O3/c1-4-13-17-12(15(21)22-3)9-14(18-13)16-11-5-7-19(8-6-11)10(2)20/h1,9,11H,5-8H2,2-3H3,(H,16,17,18). The molecular formula is C15H18N4O3. The van der Waals surface area contributed by atoms with E-state index in [1.807, 2.05) is 4.90 Å². The highest BCUT2D eigenvalue weighted by Gasteiger charge is 2.21. The van der Waals surface area contributed by atoms with Crippen LogP contribution in [0.15, 0.2) is 6.07 Å². The van der Waals surface area contributed by atoms with Crippen LogP contribution < -0.4 is 5.32 Å². The van der Waals surface area contributed by atoms with E-state index in [1.165, 1.54) is 13.2 Å². The third-order valence-electron chi connectivity index (χ3n) is 3.54. The summed E-state index contributed by atoms with van der Waals surface area (Å²) in [4.78, 5) is 32.8. The van der Waals surface area contributed by atoms with Crippen molar-refractivity contribution in [1.29, 1.82) is 0 Å². The van der Waals surface area contributed by atoms with Crippen LogP contribution in [0, 0.1) is 12.3 Å². The molecule has 1 saturated heterocycles. The second-order valence-electron chi connectivity index (χ2n) is 5.02. The number of nitrogens with zero attached hydrogens (tertiary/aromatic N) is 3. The molecule has 1 aliphatic rings. The number of anilines is 1. The summed E-state index contributed by atoms with van der Waals surface area (Å²) in [5, 5.41) is 3.24. The van der Waals surface area contributed by atoms with Gasteiger partial charge in [0.2, 0.25) is 11.7 Å². The highest BCUT2D eigenvalue weighted by atomic mass is 16.5. The molecule has 0 saturated carbocycles. The number of nitrogens with one attached hydrogen (secondary N) is 1. The van der Waals surface area contributed by atoms with Crippen molar-refractivity contribution in [1.82, 2.24) is 14.9 Å². The minimum absolute atomic E-state index is 0.0862. The minimum atomic E-state index is -0.562. The number of terminal acetylenes is 1. The second kappa shape index (κ2) is 6.89. The van der Waals surface area contributed by atoms with Crippen LogP contribution in [0.2, 0.25) is 0 Å². The SMILES string of the molecule is C#Cc1nc(NC2CCN(C(C)=O)CC2)cc(C(=O)OC)n1. The number of ether oxygens (including phenoxy) is 1. The molecular weight excluding hydrogens is 284 g/mol. The van der Waals surface area contributed by atoms with Gasteiger partial charge in [-0.15, -0.1) is 6.42 Å². The topological polar surface area (TPSA) is 84.4 Å². The van der Waals surface area contributed by atoms with Crippen LogP contribution in [-0.2, 0) is 9.53 Å². The van der Waals surface area contributed by atoms with Crippen molar-refractivity contribution in [2.24, 2.45) is 0 Å². The number of hydrogen-bond acceptors (Lipinski definition) is 6. The van der Waals surface area contributed by atoms with Crippen LogP contribution in [0.5, 0.6) is 0 Å². The van der Waals surface area contributed by atoms with Gasteiger partial charge in [-0.05, 0) is 18.8 Å². The van der Waals surface area contributed by atoms with Crippen LogP contribution >= 0.6 is 0 Å². The Kier molecular flexibility index (Phi) is 4.94. The predicted molar refractivity (Wildman–Crippen MR) is 80.2 cm³/mol. The molecule has 1 aromatic heterocycles. The van der Waals surface area contributed by atoms with E-state index in [4.69, 9.17) is 6.42 Å². The van der Waals surface area contributed by atoms with Gasteiger partial charge in [0.15, 0.2) is 5.69 Å². The van der Waals surface area contributed by atoms with E-state index >= 15 is 0 Å². The lowest BCUT2D eigenvalue weighted by molar-refractivity contribution is -0.129. The Balaban J connectivity index is 2.08. The summed E-state index contributed by atoms with van der Waals surface area (Å²) in [6.07, 6.45) is 6.93. The summed E-state index contributed by atoms with van der Waals surface area (Å²) in [7, 11) is 1.28. The molecule has 7 nitrogen and oxygen atoms in total. The number of aromatic nitrogens is 2. The zero-order chi connectivity index (χ0) is 16.1. The normalized spacial score (nSPS) is 15.0. The molecule has 0 spiro atoms. The van der Waals surface area contributed by atoms with E-state index in [0.717, 1.165) is 12.8 Å². The Labute approximate surface area is 129 Å². The average molecular weight is 302 g/mol. The maximum Gasteiger partial charge on any atom is 0.356 e. The number of hydrogen-bond donors (Lipinski definition) is 1. The monoisotopic (exact) mass is 302 g/mol. The molecule has 1 aromatic rings. The quantitative estimate of drug-likeness (QED) is 0.652. The number of likely N-dealkylation sites (tertiary alicyclic amines) is 1. The lowest BCUT2D eigenvalue weighted by Gasteiger charge is -2.31. The van der Waals surface area contributed by atoms with Crippen LogP contribution in [0.1, 0.15) is 36.1 Å². The largest absolute Gasteiger partial charge is 0.464 e. The molecule has 0 atom stereocenters. The van der Waals surface area contributed by atoms with Crippen LogP contribution in [0.25, 0.3) is 0 Å². The van der Waals surface area contributed by atoms with Crippen LogP contribution in [-0.4, -0.2) is 53.0 Å². The van der Waals surface area contributed by atoms with E-state index in [0.29, 0.717) is 18.9 Å². The molecule has 2 heterocycles. The lowest BCUT2D eigenvalue weighted by atomic mass is 10.1. The molecule has 0 aromatic carbocycles. The van der Waals surface area contributed by atoms with Crippen molar-refractivity contribution >= 4 is 17.7 Å². The number of piperidine rings is 1. The first-order valence-electron chi connectivity index (χ1n) is 6.99. The Morgan fingerprint density at radius 2 is 2.09 bits per heavy atom. The van der Waals surface area contributed by atoms with Gasteiger partial charge in [-0.1, -0.05) is 0 Å². The van der Waals surface area contributed by atoms with Gasteiger partial charge >= 0.3 is 5.97 Å². The summed E-state index contributed by atoms with van der Waals surface area (Å²) >= 11 is 0. The van der Waals surface area contributed by atoms with Gasteiger partial charge in [0.05, 0.1) is 7.11 Å². The van der Waals surface area contributed by atoms with Gasteiger partial charge in [-0.3, -0.25) is 4.79 Å². The third kappa shape index (κ3) is 3.73. The molecule has 22 heavy (non-hydrogen) atoms. The molecule has 0 unspecified atom stereocenters. The zero-order valence-electron chi connectivity index (χ0n) is 12.6.